The first kappa shape index (κ1) is 24.3. The van der Waals surface area contributed by atoms with Gasteiger partial charge in [-0.1, -0.05) is 6.92 Å². The lowest BCUT2D eigenvalue weighted by atomic mass is 9.88. The minimum atomic E-state index is 0.389. The highest BCUT2D eigenvalue weighted by Crippen LogP contribution is 2.28. The molecule has 2 unspecified atom stereocenters. The predicted molar refractivity (Wildman–Crippen MR) is 122 cm³/mol. The van der Waals surface area contributed by atoms with Gasteiger partial charge in [-0.2, -0.15) is 0 Å². The van der Waals surface area contributed by atoms with E-state index in [1.54, 1.807) is 25.3 Å². The van der Waals surface area contributed by atoms with Crippen molar-refractivity contribution < 1.29 is 9.47 Å². The molecule has 0 aromatic carbocycles. The Morgan fingerprint density at radius 3 is 2.72 bits per heavy atom. The molecule has 168 valence electrons. The monoisotopic (exact) mass is 427 g/mol. The summed E-state index contributed by atoms with van der Waals surface area (Å²) in [7, 11) is 3.82. The Kier molecular flexibility index (Phi) is 11.2. The second-order valence-electron chi connectivity index (χ2n) is 8.35. The lowest BCUT2D eigenvalue weighted by molar-refractivity contribution is -0.0166. The van der Waals surface area contributed by atoms with Crippen molar-refractivity contribution in [3.63, 3.8) is 0 Å². The standard InChI is InChI=1S/C21H41N5O2S/c1-17-6-8-19(9-7-17)28-16-18-15-26(21(23)5-4-11-22)12-10-20(18)24-29-25(2)13-14-27-3/h4-5,11,17-20,24H,6-10,12-16,22-23H2,1-3H3/b11-4-,21-5+/t17-,18?,19+,20?. The summed E-state index contributed by atoms with van der Waals surface area (Å²) in [5.41, 5.74) is 11.7. The molecule has 1 aliphatic carbocycles. The molecule has 0 aromatic rings. The molecule has 0 bridgehead atoms. The molecule has 5 N–H and O–H groups in total. The number of likely N-dealkylation sites (tertiary alicyclic amines) is 1. The number of hydrogen-bond acceptors (Lipinski definition) is 8. The number of nitrogens with zero attached hydrogens (tertiary/aromatic N) is 2. The summed E-state index contributed by atoms with van der Waals surface area (Å²) in [6.45, 7) is 6.55. The molecular weight excluding hydrogens is 386 g/mol. The fourth-order valence-electron chi connectivity index (χ4n) is 3.93. The number of likely N-dealkylation sites (N-methyl/N-ethyl adjacent to an activating group) is 1. The van der Waals surface area contributed by atoms with Gasteiger partial charge in [-0.25, -0.2) is 9.03 Å². The molecular formula is C21H41N5O2S. The van der Waals surface area contributed by atoms with E-state index in [1.807, 2.05) is 6.08 Å². The van der Waals surface area contributed by atoms with E-state index in [2.05, 4.69) is 27.9 Å². The Morgan fingerprint density at radius 1 is 1.28 bits per heavy atom. The van der Waals surface area contributed by atoms with Crippen LogP contribution in [0, 0.1) is 11.8 Å². The summed E-state index contributed by atoms with van der Waals surface area (Å²) in [4.78, 5) is 2.24. The van der Waals surface area contributed by atoms with E-state index in [0.717, 1.165) is 51.0 Å². The molecule has 0 spiro atoms. The van der Waals surface area contributed by atoms with Gasteiger partial charge >= 0.3 is 0 Å². The van der Waals surface area contributed by atoms with E-state index in [-0.39, 0.29) is 0 Å². The molecule has 0 aromatic heterocycles. The summed E-state index contributed by atoms with van der Waals surface area (Å²) in [6, 6.07) is 0.390. The third-order valence-electron chi connectivity index (χ3n) is 5.96. The predicted octanol–water partition coefficient (Wildman–Crippen LogP) is 2.28. The van der Waals surface area contributed by atoms with Crippen molar-refractivity contribution in [3.8, 4) is 0 Å². The molecule has 0 radical (unpaired) electrons. The van der Waals surface area contributed by atoms with Gasteiger partial charge in [0, 0.05) is 50.8 Å². The molecule has 1 aliphatic heterocycles. The Labute approximate surface area is 181 Å². The topological polar surface area (TPSA) is 89.0 Å². The van der Waals surface area contributed by atoms with Crippen molar-refractivity contribution in [2.24, 2.45) is 23.3 Å². The van der Waals surface area contributed by atoms with Crippen LogP contribution in [-0.4, -0.2) is 68.4 Å². The highest BCUT2D eigenvalue weighted by molar-refractivity contribution is 7.95. The molecule has 1 saturated heterocycles. The van der Waals surface area contributed by atoms with Crippen LogP contribution in [0.15, 0.2) is 24.2 Å². The summed E-state index contributed by atoms with van der Waals surface area (Å²) >= 11 is 1.67. The normalized spacial score (nSPS) is 29.1. The van der Waals surface area contributed by atoms with Crippen molar-refractivity contribution in [2.75, 3.05) is 47.0 Å². The van der Waals surface area contributed by atoms with Crippen LogP contribution in [0.5, 0.6) is 0 Å². The fourth-order valence-corrected chi connectivity index (χ4v) is 4.72. The third kappa shape index (κ3) is 8.76. The largest absolute Gasteiger partial charge is 0.405 e. The first-order valence-corrected chi connectivity index (χ1v) is 11.6. The average molecular weight is 428 g/mol. The minimum Gasteiger partial charge on any atom is -0.405 e. The van der Waals surface area contributed by atoms with Crippen LogP contribution in [0.1, 0.15) is 39.0 Å². The number of ether oxygens (including phenoxy) is 2. The quantitative estimate of drug-likeness (QED) is 0.342. The van der Waals surface area contributed by atoms with Gasteiger partial charge in [0.1, 0.15) is 0 Å². The maximum Gasteiger partial charge on any atom is 0.0987 e. The van der Waals surface area contributed by atoms with Crippen LogP contribution in [0.2, 0.25) is 0 Å². The second-order valence-corrected chi connectivity index (χ2v) is 9.39. The van der Waals surface area contributed by atoms with Gasteiger partial charge in [-0.15, -0.1) is 0 Å². The maximum absolute atomic E-state index is 6.38. The molecule has 2 atom stereocenters. The number of piperidine rings is 1. The number of nitrogens with one attached hydrogen (secondary N) is 1. The van der Waals surface area contributed by atoms with Crippen LogP contribution >= 0.6 is 12.1 Å². The molecule has 2 rings (SSSR count). The first-order chi connectivity index (χ1) is 14.0. The Bertz CT molecular complexity index is 511. The van der Waals surface area contributed by atoms with Gasteiger partial charge in [0.15, 0.2) is 0 Å². The van der Waals surface area contributed by atoms with Crippen molar-refractivity contribution in [1.29, 1.82) is 0 Å². The smallest absolute Gasteiger partial charge is 0.0987 e. The van der Waals surface area contributed by atoms with Gasteiger partial charge in [-0.3, -0.25) is 0 Å². The molecule has 0 amide bonds. The number of hydrogen-bond donors (Lipinski definition) is 3. The van der Waals surface area contributed by atoms with E-state index in [0.29, 0.717) is 18.1 Å². The minimum absolute atomic E-state index is 0.389. The summed E-state index contributed by atoms with van der Waals surface area (Å²) < 4.78 is 17.4. The molecule has 1 heterocycles. The summed E-state index contributed by atoms with van der Waals surface area (Å²) in [6.07, 6.45) is 11.6. The van der Waals surface area contributed by atoms with Gasteiger partial charge in [-0.05, 0) is 63.4 Å². The number of nitrogens with two attached hydrogens (primary N) is 2. The Balaban J connectivity index is 1.91. The molecule has 2 aliphatic rings. The molecule has 8 heteroatoms. The van der Waals surface area contributed by atoms with Crippen LogP contribution in [-0.2, 0) is 9.47 Å². The molecule has 7 nitrogen and oxygen atoms in total. The third-order valence-corrected chi connectivity index (χ3v) is 6.86. The Hall–Kier alpha value is -0.930. The zero-order chi connectivity index (χ0) is 21.1. The average Bonchev–Trinajstić information content (AvgIpc) is 2.74. The van der Waals surface area contributed by atoms with Gasteiger partial charge < -0.3 is 25.8 Å². The van der Waals surface area contributed by atoms with Gasteiger partial charge in [0.2, 0.25) is 0 Å². The van der Waals surface area contributed by atoms with E-state index >= 15 is 0 Å². The highest BCUT2D eigenvalue weighted by atomic mass is 32.2. The number of rotatable bonds is 11. The summed E-state index contributed by atoms with van der Waals surface area (Å²) in [5.74, 6) is 2.00. The van der Waals surface area contributed by atoms with Crippen LogP contribution in [0.4, 0.5) is 0 Å². The molecule has 29 heavy (non-hydrogen) atoms. The Morgan fingerprint density at radius 2 is 2.03 bits per heavy atom. The fraction of sp³-hybridized carbons (Fsp3) is 0.810. The molecule has 2 fully saturated rings. The zero-order valence-corrected chi connectivity index (χ0v) is 19.2. The van der Waals surface area contributed by atoms with Gasteiger partial charge in [0.05, 0.1) is 25.1 Å². The number of methoxy groups -OCH3 is 1. The lowest BCUT2D eigenvalue weighted by Gasteiger charge is -2.41. The SMILES string of the molecule is COCCN(C)SNC1CCN(/C(N)=C/C=C\N)CC1CO[C@H]1CC[C@@H](C)CC1. The van der Waals surface area contributed by atoms with E-state index in [4.69, 9.17) is 20.9 Å². The van der Waals surface area contributed by atoms with Crippen LogP contribution in [0.3, 0.4) is 0 Å². The first-order valence-electron chi connectivity index (χ1n) is 10.9. The highest BCUT2D eigenvalue weighted by Gasteiger charge is 2.31. The van der Waals surface area contributed by atoms with E-state index in [1.165, 1.54) is 31.9 Å². The van der Waals surface area contributed by atoms with Crippen molar-refractivity contribution >= 4 is 12.1 Å². The second kappa shape index (κ2) is 13.4. The summed E-state index contributed by atoms with van der Waals surface area (Å²) in [5, 5.41) is 0. The maximum atomic E-state index is 6.38. The van der Waals surface area contributed by atoms with Crippen molar-refractivity contribution in [3.05, 3.63) is 24.2 Å². The van der Waals surface area contributed by atoms with Crippen LogP contribution < -0.4 is 16.2 Å². The van der Waals surface area contributed by atoms with Crippen molar-refractivity contribution in [1.82, 2.24) is 13.9 Å². The lowest BCUT2D eigenvalue weighted by Crippen LogP contribution is -2.50. The zero-order valence-electron chi connectivity index (χ0n) is 18.4. The molecule has 1 saturated carbocycles. The van der Waals surface area contributed by atoms with E-state index in [9.17, 15) is 0 Å². The van der Waals surface area contributed by atoms with Crippen LogP contribution in [0.25, 0.3) is 0 Å². The number of allylic oxidation sites excluding steroid dienone is 2. The van der Waals surface area contributed by atoms with E-state index < -0.39 is 0 Å². The van der Waals surface area contributed by atoms with Crippen molar-refractivity contribution in [2.45, 2.75) is 51.2 Å². The van der Waals surface area contributed by atoms with Gasteiger partial charge in [0.25, 0.3) is 0 Å².